The quantitative estimate of drug-likeness (QED) is 0.769. The zero-order valence-corrected chi connectivity index (χ0v) is 13.5. The van der Waals surface area contributed by atoms with Gasteiger partial charge in [0.15, 0.2) is 6.61 Å². The Morgan fingerprint density at radius 2 is 1.70 bits per heavy atom. The van der Waals surface area contributed by atoms with Crippen LogP contribution in [0.4, 0.5) is 0 Å². The maximum Gasteiger partial charge on any atom is 0.258 e. The fourth-order valence-electron chi connectivity index (χ4n) is 2.05. The highest BCUT2D eigenvalue weighted by molar-refractivity contribution is 5.84. The van der Waals surface area contributed by atoms with E-state index in [-0.39, 0.29) is 24.3 Å². The zero-order chi connectivity index (χ0) is 16.7. The molecule has 2 rings (SSSR count). The second-order valence-electron chi connectivity index (χ2n) is 5.59. The summed E-state index contributed by atoms with van der Waals surface area (Å²) in [5.74, 6) is 0.373. The standard InChI is InChI=1S/C18H22N2O3/c1-13(2)18(22)20-10-9-19-17(21)12-23-16-8-7-14-5-3-4-6-15(14)11-16/h3-8,11,13H,9-10,12H2,1-2H3,(H,19,21)(H,20,22). The van der Waals surface area contributed by atoms with Gasteiger partial charge in [0.05, 0.1) is 0 Å². The molecule has 0 unspecified atom stereocenters. The molecule has 0 radical (unpaired) electrons. The summed E-state index contributed by atoms with van der Waals surface area (Å²) in [6, 6.07) is 13.7. The monoisotopic (exact) mass is 314 g/mol. The minimum absolute atomic E-state index is 0.0216. The van der Waals surface area contributed by atoms with Crippen molar-refractivity contribution in [1.82, 2.24) is 10.6 Å². The van der Waals surface area contributed by atoms with Gasteiger partial charge in [-0.25, -0.2) is 0 Å². The molecule has 23 heavy (non-hydrogen) atoms. The number of nitrogens with one attached hydrogen (secondary N) is 2. The smallest absolute Gasteiger partial charge is 0.258 e. The lowest BCUT2D eigenvalue weighted by atomic mass is 10.1. The predicted molar refractivity (Wildman–Crippen MR) is 90.3 cm³/mol. The Morgan fingerprint density at radius 1 is 1.00 bits per heavy atom. The van der Waals surface area contributed by atoms with E-state index >= 15 is 0 Å². The van der Waals surface area contributed by atoms with E-state index in [1.807, 2.05) is 56.3 Å². The first-order chi connectivity index (χ1) is 11.1. The van der Waals surface area contributed by atoms with Crippen molar-refractivity contribution in [2.75, 3.05) is 19.7 Å². The highest BCUT2D eigenvalue weighted by Gasteiger charge is 2.06. The summed E-state index contributed by atoms with van der Waals surface area (Å²) in [6.07, 6.45) is 0. The Kier molecular flexibility index (Phi) is 5.97. The second-order valence-corrected chi connectivity index (χ2v) is 5.59. The van der Waals surface area contributed by atoms with Crippen molar-refractivity contribution in [3.8, 4) is 5.75 Å². The number of fused-ring (bicyclic) bond motifs is 1. The molecule has 122 valence electrons. The first kappa shape index (κ1) is 16.8. The Balaban J connectivity index is 1.72. The average molecular weight is 314 g/mol. The van der Waals surface area contributed by atoms with Crippen molar-refractivity contribution in [3.63, 3.8) is 0 Å². The summed E-state index contributed by atoms with van der Waals surface area (Å²) >= 11 is 0. The molecule has 0 spiro atoms. The molecule has 0 bridgehead atoms. The molecule has 0 heterocycles. The van der Waals surface area contributed by atoms with E-state index in [0.29, 0.717) is 18.8 Å². The van der Waals surface area contributed by atoms with Crippen molar-refractivity contribution in [2.45, 2.75) is 13.8 Å². The van der Waals surface area contributed by atoms with Crippen LogP contribution >= 0.6 is 0 Å². The molecular formula is C18H22N2O3. The van der Waals surface area contributed by atoms with Crippen molar-refractivity contribution in [1.29, 1.82) is 0 Å². The second kappa shape index (κ2) is 8.17. The highest BCUT2D eigenvalue weighted by atomic mass is 16.5. The number of carbonyl (C=O) groups is 2. The number of hydrogen-bond donors (Lipinski definition) is 2. The highest BCUT2D eigenvalue weighted by Crippen LogP contribution is 2.20. The summed E-state index contributed by atoms with van der Waals surface area (Å²) in [6.45, 7) is 4.41. The molecule has 0 saturated heterocycles. The van der Waals surface area contributed by atoms with Crippen LogP contribution in [0.1, 0.15) is 13.8 Å². The fraction of sp³-hybridized carbons (Fsp3) is 0.333. The summed E-state index contributed by atoms with van der Waals surface area (Å²) in [7, 11) is 0. The summed E-state index contributed by atoms with van der Waals surface area (Å²) in [4.78, 5) is 23.1. The average Bonchev–Trinajstić information content (AvgIpc) is 2.56. The van der Waals surface area contributed by atoms with Gasteiger partial charge in [-0.2, -0.15) is 0 Å². The Bertz CT molecular complexity index is 683. The molecule has 0 aliphatic carbocycles. The molecule has 5 heteroatoms. The van der Waals surface area contributed by atoms with Gasteiger partial charge in [0.25, 0.3) is 5.91 Å². The summed E-state index contributed by atoms with van der Waals surface area (Å²) < 4.78 is 5.49. The molecule has 0 aliphatic heterocycles. The molecule has 2 aromatic carbocycles. The van der Waals surface area contributed by atoms with Gasteiger partial charge in [0.1, 0.15) is 5.75 Å². The van der Waals surface area contributed by atoms with E-state index in [2.05, 4.69) is 10.6 Å². The molecule has 5 nitrogen and oxygen atoms in total. The topological polar surface area (TPSA) is 67.4 Å². The minimum Gasteiger partial charge on any atom is -0.484 e. The Morgan fingerprint density at radius 3 is 2.43 bits per heavy atom. The molecule has 0 saturated carbocycles. The number of amides is 2. The van der Waals surface area contributed by atoms with Crippen molar-refractivity contribution >= 4 is 22.6 Å². The van der Waals surface area contributed by atoms with Gasteiger partial charge in [-0.3, -0.25) is 9.59 Å². The maximum atomic E-state index is 11.7. The van der Waals surface area contributed by atoms with Crippen LogP contribution in [-0.4, -0.2) is 31.5 Å². The van der Waals surface area contributed by atoms with Crippen LogP contribution in [0.25, 0.3) is 10.8 Å². The van der Waals surface area contributed by atoms with Gasteiger partial charge in [0.2, 0.25) is 5.91 Å². The Hall–Kier alpha value is -2.56. The summed E-state index contributed by atoms with van der Waals surface area (Å²) in [5.41, 5.74) is 0. The first-order valence-corrected chi connectivity index (χ1v) is 7.72. The number of hydrogen-bond acceptors (Lipinski definition) is 3. The van der Waals surface area contributed by atoms with E-state index in [9.17, 15) is 9.59 Å². The lowest BCUT2D eigenvalue weighted by Crippen LogP contribution is -2.38. The number of rotatable bonds is 7. The van der Waals surface area contributed by atoms with E-state index in [1.165, 1.54) is 0 Å². The number of benzene rings is 2. The molecular weight excluding hydrogens is 292 g/mol. The van der Waals surface area contributed by atoms with Crippen molar-refractivity contribution < 1.29 is 14.3 Å². The fourth-order valence-corrected chi connectivity index (χ4v) is 2.05. The van der Waals surface area contributed by atoms with Gasteiger partial charge in [0, 0.05) is 19.0 Å². The maximum absolute atomic E-state index is 11.7. The van der Waals surface area contributed by atoms with Gasteiger partial charge >= 0.3 is 0 Å². The van der Waals surface area contributed by atoms with E-state index < -0.39 is 0 Å². The minimum atomic E-state index is -0.211. The first-order valence-electron chi connectivity index (χ1n) is 7.72. The summed E-state index contributed by atoms with van der Waals surface area (Å²) in [5, 5.41) is 7.64. The lowest BCUT2D eigenvalue weighted by molar-refractivity contribution is -0.125. The largest absolute Gasteiger partial charge is 0.484 e. The van der Waals surface area contributed by atoms with Crippen molar-refractivity contribution in [3.05, 3.63) is 42.5 Å². The van der Waals surface area contributed by atoms with Gasteiger partial charge in [-0.15, -0.1) is 0 Å². The van der Waals surface area contributed by atoms with Crippen molar-refractivity contribution in [2.24, 2.45) is 5.92 Å². The zero-order valence-electron chi connectivity index (χ0n) is 13.5. The molecule has 0 atom stereocenters. The molecule has 0 aromatic heterocycles. The van der Waals surface area contributed by atoms with Gasteiger partial charge in [-0.1, -0.05) is 44.2 Å². The van der Waals surface area contributed by atoms with Crippen LogP contribution in [0.5, 0.6) is 5.75 Å². The van der Waals surface area contributed by atoms with E-state index in [0.717, 1.165) is 10.8 Å². The van der Waals surface area contributed by atoms with Crippen LogP contribution in [0.3, 0.4) is 0 Å². The molecule has 0 aliphatic rings. The third-order valence-corrected chi connectivity index (χ3v) is 3.36. The molecule has 2 N–H and O–H groups in total. The molecule has 2 amide bonds. The van der Waals surface area contributed by atoms with Crippen LogP contribution in [0.15, 0.2) is 42.5 Å². The van der Waals surface area contributed by atoms with E-state index in [1.54, 1.807) is 0 Å². The molecule has 0 fully saturated rings. The third kappa shape index (κ3) is 5.29. The van der Waals surface area contributed by atoms with Gasteiger partial charge < -0.3 is 15.4 Å². The SMILES string of the molecule is CC(C)C(=O)NCCNC(=O)COc1ccc2ccccc2c1. The van der Waals surface area contributed by atoms with Crippen LogP contribution in [0, 0.1) is 5.92 Å². The van der Waals surface area contributed by atoms with Crippen LogP contribution in [0.2, 0.25) is 0 Å². The normalized spacial score (nSPS) is 10.6. The van der Waals surface area contributed by atoms with Gasteiger partial charge in [-0.05, 0) is 22.9 Å². The number of ether oxygens (including phenoxy) is 1. The third-order valence-electron chi connectivity index (χ3n) is 3.36. The Labute approximate surface area is 136 Å². The molecule has 2 aromatic rings. The number of carbonyl (C=O) groups excluding carboxylic acids is 2. The lowest BCUT2D eigenvalue weighted by Gasteiger charge is -2.10. The van der Waals surface area contributed by atoms with Crippen LogP contribution in [-0.2, 0) is 9.59 Å². The van der Waals surface area contributed by atoms with E-state index in [4.69, 9.17) is 4.74 Å². The predicted octanol–water partition coefficient (Wildman–Crippen LogP) is 2.11. The van der Waals surface area contributed by atoms with Crippen LogP contribution < -0.4 is 15.4 Å².